The van der Waals surface area contributed by atoms with Crippen LogP contribution < -0.4 is 10.6 Å². The molecule has 1 aromatic heterocycles. The number of furan rings is 1. The van der Waals surface area contributed by atoms with Crippen molar-refractivity contribution >= 4 is 17.8 Å². The molecule has 0 fully saturated rings. The van der Waals surface area contributed by atoms with Gasteiger partial charge in [-0.3, -0.25) is 9.59 Å². The summed E-state index contributed by atoms with van der Waals surface area (Å²) in [5.41, 5.74) is 0. The van der Waals surface area contributed by atoms with Gasteiger partial charge in [-0.2, -0.15) is 0 Å². The van der Waals surface area contributed by atoms with Crippen molar-refractivity contribution in [1.29, 1.82) is 0 Å². The molecule has 2 N–H and O–H groups in total. The van der Waals surface area contributed by atoms with E-state index in [4.69, 9.17) is 13.9 Å². The molecule has 0 aliphatic carbocycles. The summed E-state index contributed by atoms with van der Waals surface area (Å²) in [5.74, 6) is -1.76. The largest absolute Gasteiger partial charge is 0.459 e. The molecule has 0 aliphatic rings. The van der Waals surface area contributed by atoms with Crippen molar-refractivity contribution in [3.05, 3.63) is 24.2 Å². The minimum Gasteiger partial charge on any atom is -0.459 e. The first-order chi connectivity index (χ1) is 11.4. The number of hydrogen-bond donors (Lipinski definition) is 2. The lowest BCUT2D eigenvalue weighted by Crippen LogP contribution is -2.47. The smallest absolute Gasteiger partial charge is 0.329 e. The van der Waals surface area contributed by atoms with Crippen LogP contribution in [0.3, 0.4) is 0 Å². The van der Waals surface area contributed by atoms with Gasteiger partial charge in [-0.15, -0.1) is 0 Å². The van der Waals surface area contributed by atoms with Crippen molar-refractivity contribution < 1.29 is 28.3 Å². The fourth-order valence-electron chi connectivity index (χ4n) is 1.84. The summed E-state index contributed by atoms with van der Waals surface area (Å²) >= 11 is 0. The second-order valence-electron chi connectivity index (χ2n) is 5.54. The van der Waals surface area contributed by atoms with E-state index < -0.39 is 29.9 Å². The standard InChI is InChI=1S/C16H24N2O6/c1-10(2)13(18-15(20)12-6-5-8-23-12)16(21)24-11(3)14(19)17-7-9-22-4/h5-6,8,10-11,13H,7,9H2,1-4H3,(H,17,19)(H,18,20)/t11-,13+/m1/s1. The lowest BCUT2D eigenvalue weighted by atomic mass is 10.0. The summed E-state index contributed by atoms with van der Waals surface area (Å²) in [4.78, 5) is 36.1. The molecule has 0 aromatic carbocycles. The molecule has 2 amide bonds. The van der Waals surface area contributed by atoms with Crippen LogP contribution in [0.25, 0.3) is 0 Å². The Bertz CT molecular complexity index is 541. The molecule has 8 heteroatoms. The van der Waals surface area contributed by atoms with E-state index in [-0.39, 0.29) is 11.7 Å². The number of ether oxygens (including phenoxy) is 2. The summed E-state index contributed by atoms with van der Waals surface area (Å²) in [7, 11) is 1.52. The summed E-state index contributed by atoms with van der Waals surface area (Å²) in [6.45, 7) is 5.67. The number of hydrogen-bond acceptors (Lipinski definition) is 6. The maximum absolute atomic E-state index is 12.3. The highest BCUT2D eigenvalue weighted by molar-refractivity contribution is 5.95. The maximum Gasteiger partial charge on any atom is 0.329 e. The molecule has 0 saturated heterocycles. The zero-order valence-corrected chi connectivity index (χ0v) is 14.3. The molecule has 24 heavy (non-hydrogen) atoms. The van der Waals surface area contributed by atoms with Crippen LogP contribution >= 0.6 is 0 Å². The third-order valence-electron chi connectivity index (χ3n) is 3.22. The fraction of sp³-hybridized carbons (Fsp3) is 0.562. The highest BCUT2D eigenvalue weighted by Crippen LogP contribution is 2.08. The predicted molar refractivity (Wildman–Crippen MR) is 85.2 cm³/mol. The normalized spacial score (nSPS) is 13.2. The van der Waals surface area contributed by atoms with Crippen LogP contribution in [0.2, 0.25) is 0 Å². The molecule has 1 heterocycles. The zero-order chi connectivity index (χ0) is 18.1. The summed E-state index contributed by atoms with van der Waals surface area (Å²) < 4.78 is 15.0. The van der Waals surface area contributed by atoms with Gasteiger partial charge >= 0.3 is 5.97 Å². The quantitative estimate of drug-likeness (QED) is 0.507. The second-order valence-corrected chi connectivity index (χ2v) is 5.54. The van der Waals surface area contributed by atoms with Crippen LogP contribution in [0.5, 0.6) is 0 Å². The molecule has 0 aliphatic heterocycles. The number of methoxy groups -OCH3 is 1. The van der Waals surface area contributed by atoms with E-state index in [0.717, 1.165) is 0 Å². The predicted octanol–water partition coefficient (Wildman–Crippen LogP) is 0.728. The third kappa shape index (κ3) is 6.04. The molecule has 0 radical (unpaired) electrons. The minimum absolute atomic E-state index is 0.0961. The fourth-order valence-corrected chi connectivity index (χ4v) is 1.84. The second kappa shape index (κ2) is 9.71. The lowest BCUT2D eigenvalue weighted by molar-refractivity contribution is -0.157. The van der Waals surface area contributed by atoms with Gasteiger partial charge in [0.25, 0.3) is 11.8 Å². The average molecular weight is 340 g/mol. The number of nitrogens with one attached hydrogen (secondary N) is 2. The number of amides is 2. The maximum atomic E-state index is 12.3. The Labute approximate surface area is 140 Å². The van der Waals surface area contributed by atoms with Gasteiger partial charge < -0.3 is 24.5 Å². The van der Waals surface area contributed by atoms with Crippen LogP contribution in [0.15, 0.2) is 22.8 Å². The van der Waals surface area contributed by atoms with Gasteiger partial charge in [0.1, 0.15) is 6.04 Å². The van der Waals surface area contributed by atoms with Crippen molar-refractivity contribution in [2.24, 2.45) is 5.92 Å². The van der Waals surface area contributed by atoms with E-state index in [9.17, 15) is 14.4 Å². The molecule has 1 rings (SSSR count). The van der Waals surface area contributed by atoms with E-state index in [1.165, 1.54) is 26.4 Å². The summed E-state index contributed by atoms with van der Waals surface area (Å²) in [5, 5.41) is 5.13. The minimum atomic E-state index is -0.976. The van der Waals surface area contributed by atoms with E-state index in [1.807, 2.05) is 0 Å². The molecule has 2 atom stereocenters. The molecule has 134 valence electrons. The molecule has 0 bridgehead atoms. The van der Waals surface area contributed by atoms with Gasteiger partial charge in [0, 0.05) is 13.7 Å². The SMILES string of the molecule is COCCNC(=O)[C@@H](C)OC(=O)[C@@H](NC(=O)c1ccco1)C(C)C. The van der Waals surface area contributed by atoms with Crippen molar-refractivity contribution in [2.45, 2.75) is 32.9 Å². The Morgan fingerprint density at radius 2 is 1.96 bits per heavy atom. The van der Waals surface area contributed by atoms with Gasteiger partial charge in [0.2, 0.25) is 0 Å². The van der Waals surface area contributed by atoms with Crippen LogP contribution in [-0.2, 0) is 19.1 Å². The van der Waals surface area contributed by atoms with E-state index in [0.29, 0.717) is 13.2 Å². The first-order valence-electron chi connectivity index (χ1n) is 7.68. The van der Waals surface area contributed by atoms with Crippen molar-refractivity contribution in [3.8, 4) is 0 Å². The Kier molecular flexibility index (Phi) is 7.97. The monoisotopic (exact) mass is 340 g/mol. The molecule has 1 aromatic rings. The van der Waals surface area contributed by atoms with Crippen molar-refractivity contribution in [2.75, 3.05) is 20.3 Å². The Balaban J connectivity index is 2.60. The van der Waals surface area contributed by atoms with Gasteiger partial charge in [-0.25, -0.2) is 4.79 Å². The molecular formula is C16H24N2O6. The van der Waals surface area contributed by atoms with Crippen LogP contribution in [0.1, 0.15) is 31.3 Å². The summed E-state index contributed by atoms with van der Waals surface area (Å²) in [6, 6.07) is 2.17. The first-order valence-corrected chi connectivity index (χ1v) is 7.68. The Morgan fingerprint density at radius 1 is 1.25 bits per heavy atom. The highest BCUT2D eigenvalue weighted by Gasteiger charge is 2.29. The van der Waals surface area contributed by atoms with E-state index in [1.54, 1.807) is 19.9 Å². The first kappa shape index (κ1) is 19.7. The van der Waals surface area contributed by atoms with Gasteiger partial charge in [0.15, 0.2) is 11.9 Å². The van der Waals surface area contributed by atoms with Crippen molar-refractivity contribution in [3.63, 3.8) is 0 Å². The van der Waals surface area contributed by atoms with Crippen LogP contribution in [-0.4, -0.2) is 50.2 Å². The van der Waals surface area contributed by atoms with Crippen LogP contribution in [0.4, 0.5) is 0 Å². The molecule has 0 saturated carbocycles. The Morgan fingerprint density at radius 3 is 2.50 bits per heavy atom. The topological polar surface area (TPSA) is 107 Å². The molecule has 0 unspecified atom stereocenters. The Hall–Kier alpha value is -2.35. The molecule has 0 spiro atoms. The number of carbonyl (C=O) groups excluding carboxylic acids is 3. The number of carbonyl (C=O) groups is 3. The number of rotatable bonds is 9. The zero-order valence-electron chi connectivity index (χ0n) is 14.3. The summed E-state index contributed by atoms with van der Waals surface area (Å²) in [6.07, 6.45) is 0.389. The van der Waals surface area contributed by atoms with E-state index >= 15 is 0 Å². The highest BCUT2D eigenvalue weighted by atomic mass is 16.5. The van der Waals surface area contributed by atoms with E-state index in [2.05, 4.69) is 10.6 Å². The van der Waals surface area contributed by atoms with Crippen molar-refractivity contribution in [1.82, 2.24) is 10.6 Å². The average Bonchev–Trinajstić information content (AvgIpc) is 3.06. The van der Waals surface area contributed by atoms with Gasteiger partial charge in [-0.05, 0) is 25.0 Å². The lowest BCUT2D eigenvalue weighted by Gasteiger charge is -2.22. The molecular weight excluding hydrogens is 316 g/mol. The third-order valence-corrected chi connectivity index (χ3v) is 3.22. The van der Waals surface area contributed by atoms with Crippen LogP contribution in [0, 0.1) is 5.92 Å². The molecule has 8 nitrogen and oxygen atoms in total. The number of esters is 1. The van der Waals surface area contributed by atoms with Gasteiger partial charge in [0.05, 0.1) is 12.9 Å². The van der Waals surface area contributed by atoms with Gasteiger partial charge in [-0.1, -0.05) is 13.8 Å².